The maximum atomic E-state index is 10.9. The summed E-state index contributed by atoms with van der Waals surface area (Å²) in [4.78, 5) is 10.9. The van der Waals surface area contributed by atoms with Gasteiger partial charge in [-0.2, -0.15) is 0 Å². The van der Waals surface area contributed by atoms with E-state index in [1.54, 1.807) is 12.1 Å². The second-order valence-electron chi connectivity index (χ2n) is 2.85. The minimum absolute atomic E-state index is 0.0561. The Balaban J connectivity index is 3.40. The van der Waals surface area contributed by atoms with Crippen LogP contribution in [0.15, 0.2) is 12.1 Å². The first kappa shape index (κ1) is 10.4. The predicted molar refractivity (Wildman–Crippen MR) is 51.2 cm³/mol. The lowest BCUT2D eigenvalue weighted by Crippen LogP contribution is -2.04. The van der Waals surface area contributed by atoms with Gasteiger partial charge in [0.15, 0.2) is 0 Å². The van der Waals surface area contributed by atoms with Crippen LogP contribution in [0.4, 0.5) is 0 Å². The Labute approximate surface area is 82.1 Å². The lowest BCUT2D eigenvalue weighted by Gasteiger charge is -2.10. The van der Waals surface area contributed by atoms with Crippen LogP contribution in [-0.2, 0) is 0 Å². The molecule has 1 aromatic rings. The van der Waals surface area contributed by atoms with Gasteiger partial charge in [0.25, 0.3) is 0 Å². The van der Waals surface area contributed by atoms with Crippen LogP contribution in [0, 0.1) is 6.92 Å². The molecule has 0 atom stereocenters. The number of ether oxygens (including phenoxy) is 2. The molecule has 76 valence electrons. The number of aromatic carboxylic acids is 1. The molecular weight excluding hydrogens is 184 g/mol. The zero-order valence-corrected chi connectivity index (χ0v) is 8.33. The number of carbonyl (C=O) groups is 1. The summed E-state index contributed by atoms with van der Waals surface area (Å²) in [6.07, 6.45) is 0. The van der Waals surface area contributed by atoms with E-state index < -0.39 is 5.97 Å². The van der Waals surface area contributed by atoms with E-state index >= 15 is 0 Å². The molecule has 0 aromatic heterocycles. The van der Waals surface area contributed by atoms with E-state index in [4.69, 9.17) is 14.6 Å². The summed E-state index contributed by atoms with van der Waals surface area (Å²) in [5.41, 5.74) is 0.948. The van der Waals surface area contributed by atoms with E-state index in [1.807, 2.05) is 6.92 Å². The van der Waals surface area contributed by atoms with E-state index in [9.17, 15) is 4.79 Å². The second kappa shape index (κ2) is 4.00. The molecular formula is C10H12O4. The zero-order chi connectivity index (χ0) is 10.7. The van der Waals surface area contributed by atoms with Crippen LogP contribution in [0.3, 0.4) is 0 Å². The molecule has 1 aromatic carbocycles. The molecule has 0 unspecified atom stereocenters. The molecule has 0 aliphatic carbocycles. The van der Waals surface area contributed by atoms with Crippen LogP contribution in [0.5, 0.6) is 11.5 Å². The molecule has 0 radical (unpaired) electrons. The Morgan fingerprint density at radius 1 is 1.21 bits per heavy atom. The van der Waals surface area contributed by atoms with Crippen LogP contribution in [-0.4, -0.2) is 25.3 Å². The van der Waals surface area contributed by atoms with Crippen molar-refractivity contribution in [2.45, 2.75) is 6.92 Å². The third-order valence-corrected chi connectivity index (χ3v) is 1.86. The maximum absolute atomic E-state index is 10.9. The van der Waals surface area contributed by atoms with Crippen LogP contribution in [0.2, 0.25) is 0 Å². The summed E-state index contributed by atoms with van der Waals surface area (Å²) < 4.78 is 9.94. The highest BCUT2D eigenvalue weighted by molar-refractivity contribution is 5.94. The summed E-state index contributed by atoms with van der Waals surface area (Å²) in [6, 6.07) is 3.32. The van der Waals surface area contributed by atoms with Crippen LogP contribution < -0.4 is 9.47 Å². The Kier molecular flexibility index (Phi) is 2.96. The number of aryl methyl sites for hydroxylation is 1. The van der Waals surface area contributed by atoms with Gasteiger partial charge in [-0.25, -0.2) is 4.79 Å². The highest BCUT2D eigenvalue weighted by Crippen LogP contribution is 2.29. The average molecular weight is 196 g/mol. The van der Waals surface area contributed by atoms with Crippen molar-refractivity contribution in [3.05, 3.63) is 23.3 Å². The largest absolute Gasteiger partial charge is 0.496 e. The summed E-state index contributed by atoms with van der Waals surface area (Å²) in [5.74, 6) is -0.428. The molecule has 0 bridgehead atoms. The summed E-state index contributed by atoms with van der Waals surface area (Å²) in [7, 11) is 2.86. The van der Waals surface area contributed by atoms with E-state index in [1.165, 1.54) is 14.2 Å². The lowest BCUT2D eigenvalue weighted by atomic mass is 10.1. The predicted octanol–water partition coefficient (Wildman–Crippen LogP) is 1.71. The van der Waals surface area contributed by atoms with Crippen molar-refractivity contribution in [2.24, 2.45) is 0 Å². The van der Waals surface area contributed by atoms with Crippen molar-refractivity contribution >= 4 is 5.97 Å². The first-order valence-electron chi connectivity index (χ1n) is 4.06. The van der Waals surface area contributed by atoms with Gasteiger partial charge in [0.1, 0.15) is 17.1 Å². The average Bonchev–Trinajstić information content (AvgIpc) is 2.15. The van der Waals surface area contributed by atoms with E-state index in [0.29, 0.717) is 11.5 Å². The minimum Gasteiger partial charge on any atom is -0.496 e. The minimum atomic E-state index is -1.06. The second-order valence-corrected chi connectivity index (χ2v) is 2.85. The fourth-order valence-electron chi connectivity index (χ4n) is 1.25. The monoisotopic (exact) mass is 196 g/mol. The molecule has 4 heteroatoms. The first-order chi connectivity index (χ1) is 6.60. The molecule has 0 fully saturated rings. The number of rotatable bonds is 3. The first-order valence-corrected chi connectivity index (χ1v) is 4.06. The lowest BCUT2D eigenvalue weighted by molar-refractivity contribution is 0.0689. The molecule has 14 heavy (non-hydrogen) atoms. The maximum Gasteiger partial charge on any atom is 0.343 e. The Morgan fingerprint density at radius 2 is 1.64 bits per heavy atom. The van der Waals surface area contributed by atoms with Crippen molar-refractivity contribution in [2.75, 3.05) is 14.2 Å². The Hall–Kier alpha value is -1.71. The number of methoxy groups -OCH3 is 2. The van der Waals surface area contributed by atoms with Gasteiger partial charge in [-0.15, -0.1) is 0 Å². The molecule has 0 saturated carbocycles. The van der Waals surface area contributed by atoms with Crippen molar-refractivity contribution in [3.8, 4) is 11.5 Å². The standard InChI is InChI=1S/C10H12O4/c1-6-4-7(13-2)9(10(11)12)8(5-6)14-3/h4-5H,1-3H3,(H,11,12). The van der Waals surface area contributed by atoms with Gasteiger partial charge in [0.2, 0.25) is 0 Å². The number of benzene rings is 1. The number of hydrogen-bond acceptors (Lipinski definition) is 3. The van der Waals surface area contributed by atoms with Gasteiger partial charge in [0.05, 0.1) is 14.2 Å². The van der Waals surface area contributed by atoms with E-state index in [0.717, 1.165) is 5.56 Å². The molecule has 0 saturated heterocycles. The van der Waals surface area contributed by atoms with Gasteiger partial charge < -0.3 is 14.6 Å². The molecule has 1 rings (SSSR count). The SMILES string of the molecule is COc1cc(C)cc(OC)c1C(=O)O. The van der Waals surface area contributed by atoms with Crippen molar-refractivity contribution < 1.29 is 19.4 Å². The third kappa shape index (κ3) is 1.79. The van der Waals surface area contributed by atoms with Gasteiger partial charge >= 0.3 is 5.97 Å². The van der Waals surface area contributed by atoms with Crippen LogP contribution in [0.25, 0.3) is 0 Å². The van der Waals surface area contributed by atoms with E-state index in [2.05, 4.69) is 0 Å². The molecule has 0 spiro atoms. The van der Waals surface area contributed by atoms with Crippen LogP contribution >= 0.6 is 0 Å². The topological polar surface area (TPSA) is 55.8 Å². The van der Waals surface area contributed by atoms with Gasteiger partial charge in [-0.05, 0) is 24.6 Å². The fraction of sp³-hybridized carbons (Fsp3) is 0.300. The highest BCUT2D eigenvalue weighted by Gasteiger charge is 2.17. The number of hydrogen-bond donors (Lipinski definition) is 1. The third-order valence-electron chi connectivity index (χ3n) is 1.86. The van der Waals surface area contributed by atoms with Crippen molar-refractivity contribution in [1.29, 1.82) is 0 Å². The smallest absolute Gasteiger partial charge is 0.343 e. The summed E-state index contributed by atoms with van der Waals surface area (Å²) in [6.45, 7) is 1.84. The molecule has 0 heterocycles. The van der Waals surface area contributed by atoms with Crippen molar-refractivity contribution in [1.82, 2.24) is 0 Å². The molecule has 0 aliphatic heterocycles. The Morgan fingerprint density at radius 3 is 1.93 bits per heavy atom. The Bertz CT molecular complexity index is 332. The number of carboxylic acids is 1. The zero-order valence-electron chi connectivity index (χ0n) is 8.33. The number of carboxylic acid groups (broad SMARTS) is 1. The molecule has 1 N–H and O–H groups in total. The van der Waals surface area contributed by atoms with Crippen LogP contribution in [0.1, 0.15) is 15.9 Å². The molecule has 4 nitrogen and oxygen atoms in total. The normalized spacial score (nSPS) is 9.64. The molecule has 0 amide bonds. The van der Waals surface area contributed by atoms with Gasteiger partial charge in [-0.1, -0.05) is 0 Å². The summed E-state index contributed by atoms with van der Waals surface area (Å²) >= 11 is 0. The molecule has 0 aliphatic rings. The highest BCUT2D eigenvalue weighted by atomic mass is 16.5. The summed E-state index contributed by atoms with van der Waals surface area (Å²) in [5, 5.41) is 8.94. The van der Waals surface area contributed by atoms with Gasteiger partial charge in [-0.3, -0.25) is 0 Å². The quantitative estimate of drug-likeness (QED) is 0.799. The van der Waals surface area contributed by atoms with Crippen molar-refractivity contribution in [3.63, 3.8) is 0 Å². The van der Waals surface area contributed by atoms with E-state index in [-0.39, 0.29) is 5.56 Å². The fourth-order valence-corrected chi connectivity index (χ4v) is 1.25. The van der Waals surface area contributed by atoms with Gasteiger partial charge in [0, 0.05) is 0 Å².